The van der Waals surface area contributed by atoms with Gasteiger partial charge < -0.3 is 30.8 Å². The molecule has 3 aromatic rings. The first-order valence-corrected chi connectivity index (χ1v) is 20.6. The van der Waals surface area contributed by atoms with Crippen molar-refractivity contribution >= 4 is 41.4 Å². The topological polar surface area (TPSA) is 222 Å². The van der Waals surface area contributed by atoms with Crippen LogP contribution in [0.2, 0.25) is 0 Å². The van der Waals surface area contributed by atoms with E-state index in [-0.39, 0.29) is 50.8 Å². The number of ether oxygens (including phenoxy) is 1. The Morgan fingerprint density at radius 3 is 2.17 bits per heavy atom. The molecule has 0 saturated heterocycles. The number of hydrogen-bond acceptors (Lipinski definition) is 10. The van der Waals surface area contributed by atoms with Gasteiger partial charge in [0.25, 0.3) is 23.6 Å². The second-order valence-corrected chi connectivity index (χ2v) is 16.8. The summed E-state index contributed by atoms with van der Waals surface area (Å²) in [5.41, 5.74) is 6.72. The summed E-state index contributed by atoms with van der Waals surface area (Å²) < 4.78 is 75.7. The quantitative estimate of drug-likeness (QED) is 0.0576. The van der Waals surface area contributed by atoms with Crippen LogP contribution in [0.4, 0.5) is 22.0 Å². The number of carbonyl (C=O) groups is 7. The molecule has 1 aliphatic heterocycles. The molecule has 3 atom stereocenters. The van der Waals surface area contributed by atoms with Crippen LogP contribution in [0.5, 0.6) is 0 Å². The minimum Gasteiger partial charge on any atom is -0.442 e. The molecule has 0 spiro atoms. The summed E-state index contributed by atoms with van der Waals surface area (Å²) in [5.74, 6) is -10.5. The number of nitrogens with one attached hydrogen (secondary N) is 3. The number of aromatic nitrogens is 1. The van der Waals surface area contributed by atoms with Gasteiger partial charge >= 0.3 is 12.1 Å². The standard InChI is InChI=1S/C44H50F5N7O9/c1-42(2,3)36(32-21-27(29-22-28(45)11-12-30(29)46)24-54(32)23-26-9-5-4-6-10-26)37(60)39(62)52-18-15-31(50)38(61)53-56(20-19-51-33(57)25-55-34(58)13-14-35(55)59)40(63)43(16-7-8-17-43)65-41(64)44(47,48)49/h4-6,9-14,21-22,24,31,36-37,60H,7-8,15-20,23,25,50H2,1-3H3,(H,51,57)(H,52,62)(H,53,61)/t31-,36+,37-/m0/s1. The molecule has 21 heteroatoms. The zero-order chi connectivity index (χ0) is 47.9. The van der Waals surface area contributed by atoms with Crippen LogP contribution < -0.4 is 21.8 Å². The molecule has 6 amide bonds. The second-order valence-electron chi connectivity index (χ2n) is 16.8. The highest BCUT2D eigenvalue weighted by Gasteiger charge is 2.53. The number of amides is 6. The van der Waals surface area contributed by atoms with E-state index in [1.54, 1.807) is 37.6 Å². The van der Waals surface area contributed by atoms with E-state index in [9.17, 15) is 56.2 Å². The third kappa shape index (κ3) is 12.4. The van der Waals surface area contributed by atoms with E-state index in [0.717, 1.165) is 35.9 Å². The van der Waals surface area contributed by atoms with Gasteiger partial charge in [0, 0.05) is 60.7 Å². The summed E-state index contributed by atoms with van der Waals surface area (Å²) in [5, 5.41) is 17.1. The van der Waals surface area contributed by atoms with Crippen molar-refractivity contribution in [2.45, 2.75) is 89.3 Å². The Morgan fingerprint density at radius 1 is 0.908 bits per heavy atom. The number of halogens is 5. The third-order valence-corrected chi connectivity index (χ3v) is 11.0. The fourth-order valence-corrected chi connectivity index (χ4v) is 7.70. The van der Waals surface area contributed by atoms with Crippen LogP contribution in [0.1, 0.15) is 70.1 Å². The summed E-state index contributed by atoms with van der Waals surface area (Å²) in [6, 6.07) is 12.3. The minimum absolute atomic E-state index is 0.0339. The summed E-state index contributed by atoms with van der Waals surface area (Å²) in [6.07, 6.45) is -4.26. The maximum Gasteiger partial charge on any atom is 0.490 e. The predicted molar refractivity (Wildman–Crippen MR) is 221 cm³/mol. The first-order valence-electron chi connectivity index (χ1n) is 20.6. The van der Waals surface area contributed by atoms with Crippen molar-refractivity contribution in [1.82, 2.24) is 30.5 Å². The molecule has 2 aliphatic rings. The zero-order valence-electron chi connectivity index (χ0n) is 35.8. The number of nitrogens with two attached hydrogens (primary N) is 1. The number of carbonyl (C=O) groups excluding carboxylic acids is 7. The van der Waals surface area contributed by atoms with Crippen molar-refractivity contribution < 1.29 is 65.4 Å². The van der Waals surface area contributed by atoms with Crippen LogP contribution in [-0.4, -0.2) is 111 Å². The normalized spacial score (nSPS) is 16.2. The van der Waals surface area contributed by atoms with Crippen LogP contribution >= 0.6 is 0 Å². The third-order valence-electron chi connectivity index (χ3n) is 11.0. The van der Waals surface area contributed by atoms with Crippen LogP contribution in [0.3, 0.4) is 0 Å². The van der Waals surface area contributed by atoms with Crippen LogP contribution in [0, 0.1) is 17.0 Å². The molecular formula is C44H50F5N7O9. The molecule has 0 unspecified atom stereocenters. The summed E-state index contributed by atoms with van der Waals surface area (Å²) in [7, 11) is 0. The number of rotatable bonds is 17. The van der Waals surface area contributed by atoms with E-state index in [0.29, 0.717) is 21.2 Å². The highest BCUT2D eigenvalue weighted by atomic mass is 19.4. The van der Waals surface area contributed by atoms with Gasteiger partial charge in [-0.05, 0) is 67.3 Å². The number of esters is 1. The predicted octanol–water partition coefficient (Wildman–Crippen LogP) is 3.13. The molecule has 0 bridgehead atoms. The zero-order valence-corrected chi connectivity index (χ0v) is 35.8. The summed E-state index contributed by atoms with van der Waals surface area (Å²) in [4.78, 5) is 89.9. The molecule has 1 fully saturated rings. The first kappa shape index (κ1) is 49.5. The van der Waals surface area contributed by atoms with Crippen LogP contribution in [0.25, 0.3) is 11.1 Å². The number of hydrogen-bond donors (Lipinski definition) is 5. The Labute approximate surface area is 370 Å². The van der Waals surface area contributed by atoms with Crippen LogP contribution in [-0.2, 0) is 44.8 Å². The fraction of sp³-hybridized carbons (Fsp3) is 0.432. The highest BCUT2D eigenvalue weighted by Crippen LogP contribution is 2.41. The number of nitrogens with zero attached hydrogens (tertiary/aromatic N) is 3. The molecule has 1 aliphatic carbocycles. The lowest BCUT2D eigenvalue weighted by Gasteiger charge is -2.35. The smallest absolute Gasteiger partial charge is 0.442 e. The molecule has 1 saturated carbocycles. The number of aliphatic hydroxyl groups excluding tert-OH is 1. The van der Waals surface area contributed by atoms with Gasteiger partial charge in [-0.15, -0.1) is 0 Å². The highest BCUT2D eigenvalue weighted by molar-refractivity contribution is 6.14. The molecule has 1 aromatic heterocycles. The van der Waals surface area contributed by atoms with E-state index in [1.165, 1.54) is 0 Å². The van der Waals surface area contributed by atoms with Gasteiger partial charge in [0.05, 0.1) is 12.6 Å². The first-order chi connectivity index (χ1) is 30.5. The maximum absolute atomic E-state index is 15.0. The largest absolute Gasteiger partial charge is 0.490 e. The molecular weight excluding hydrogens is 866 g/mol. The van der Waals surface area contributed by atoms with Gasteiger partial charge in [0.15, 0.2) is 5.60 Å². The van der Waals surface area contributed by atoms with Gasteiger partial charge in [-0.2, -0.15) is 13.2 Å². The molecule has 5 rings (SSSR count). The number of alkyl halides is 3. The van der Waals surface area contributed by atoms with E-state index >= 15 is 4.39 Å². The van der Waals surface area contributed by atoms with Gasteiger partial charge in [-0.3, -0.25) is 39.1 Å². The molecule has 16 nitrogen and oxygen atoms in total. The van der Waals surface area contributed by atoms with Crippen molar-refractivity contribution in [2.24, 2.45) is 11.1 Å². The maximum atomic E-state index is 15.0. The average Bonchev–Trinajstić information content (AvgIpc) is 3.96. The van der Waals surface area contributed by atoms with E-state index in [2.05, 4.69) is 16.1 Å². The second kappa shape index (κ2) is 20.6. The Hall–Kier alpha value is -6.48. The molecule has 65 heavy (non-hydrogen) atoms. The molecule has 0 radical (unpaired) electrons. The monoisotopic (exact) mass is 915 g/mol. The van der Waals surface area contributed by atoms with E-state index < -0.39 is 108 Å². The number of hydrazine groups is 1. The molecule has 350 valence electrons. The lowest BCUT2D eigenvalue weighted by molar-refractivity contribution is -0.216. The van der Waals surface area contributed by atoms with E-state index in [4.69, 9.17) is 10.5 Å². The number of aliphatic hydroxyl groups is 1. The van der Waals surface area contributed by atoms with Crippen molar-refractivity contribution in [3.8, 4) is 11.1 Å². The van der Waals surface area contributed by atoms with Crippen molar-refractivity contribution in [3.63, 3.8) is 0 Å². The van der Waals surface area contributed by atoms with Gasteiger partial charge in [0.1, 0.15) is 24.3 Å². The average molecular weight is 916 g/mol. The molecule has 6 N–H and O–H groups in total. The summed E-state index contributed by atoms with van der Waals surface area (Å²) in [6.45, 7) is 3.50. The molecule has 2 heterocycles. The van der Waals surface area contributed by atoms with Crippen molar-refractivity contribution in [2.75, 3.05) is 26.2 Å². The Morgan fingerprint density at radius 2 is 1.55 bits per heavy atom. The van der Waals surface area contributed by atoms with Gasteiger partial charge in [0.2, 0.25) is 11.8 Å². The van der Waals surface area contributed by atoms with Crippen molar-refractivity contribution in [1.29, 1.82) is 0 Å². The van der Waals surface area contributed by atoms with E-state index in [1.807, 2.05) is 30.3 Å². The lowest BCUT2D eigenvalue weighted by Crippen LogP contribution is -2.60. The SMILES string of the molecule is CC(C)(C)[C@H](c1cc(-c2cc(F)ccc2F)cn1Cc1ccccc1)[C@H](O)C(=O)NCC[C@H](N)C(=O)NN(CCNC(=O)CN1C(=O)C=CC1=O)C(=O)C1(OC(=O)C(F)(F)F)CCCC1. The fourth-order valence-electron chi connectivity index (χ4n) is 7.70. The van der Waals surface area contributed by atoms with Crippen molar-refractivity contribution in [3.05, 3.63) is 95.8 Å². The minimum atomic E-state index is -5.46. The number of imide groups is 1. The number of benzene rings is 2. The summed E-state index contributed by atoms with van der Waals surface area (Å²) >= 11 is 0. The molecule has 2 aromatic carbocycles. The van der Waals surface area contributed by atoms with Gasteiger partial charge in [-0.1, -0.05) is 51.1 Å². The van der Waals surface area contributed by atoms with Crippen LogP contribution in [0.15, 0.2) is 72.9 Å². The lowest BCUT2D eigenvalue weighted by atomic mass is 9.74. The Balaban J connectivity index is 1.29. The Bertz CT molecular complexity index is 2290. The van der Waals surface area contributed by atoms with Gasteiger partial charge in [-0.25, -0.2) is 18.6 Å². The Kier molecular flexibility index (Phi) is 15.7.